The Balaban J connectivity index is 2.84. The zero-order valence-corrected chi connectivity index (χ0v) is 13.2. The van der Waals surface area contributed by atoms with Crippen LogP contribution >= 0.6 is 0 Å². The molecule has 0 fully saturated rings. The van der Waals surface area contributed by atoms with Crippen molar-refractivity contribution in [2.24, 2.45) is 5.73 Å². The number of likely N-dealkylation sites (N-methyl/N-ethyl adjacent to an activating group) is 1. The fourth-order valence-corrected chi connectivity index (χ4v) is 2.61. The normalized spacial score (nSPS) is 13.6. The molecule has 114 valence electrons. The fourth-order valence-electron chi connectivity index (χ4n) is 2.61. The first-order chi connectivity index (χ1) is 9.36. The Bertz CT molecular complexity index is 430. The first kappa shape index (κ1) is 16.9. The number of methoxy groups -OCH3 is 1. The summed E-state index contributed by atoms with van der Waals surface area (Å²) in [6.07, 6.45) is 0.643. The van der Waals surface area contributed by atoms with Crippen molar-refractivity contribution < 1.29 is 9.13 Å². The highest BCUT2D eigenvalue weighted by Crippen LogP contribution is 2.23. The van der Waals surface area contributed by atoms with Gasteiger partial charge < -0.3 is 10.5 Å². The number of nitrogens with zero attached hydrogens (tertiary/aromatic N) is 1. The number of halogens is 1. The van der Waals surface area contributed by atoms with Crippen LogP contribution in [0.4, 0.5) is 4.39 Å². The first-order valence-corrected chi connectivity index (χ1v) is 7.19. The average Bonchev–Trinajstić information content (AvgIpc) is 2.40. The van der Waals surface area contributed by atoms with Gasteiger partial charge in [-0.15, -0.1) is 0 Å². The molecule has 0 radical (unpaired) electrons. The minimum Gasteiger partial charge on any atom is -0.494 e. The molecular formula is C16H27FN2O. The van der Waals surface area contributed by atoms with Crippen LogP contribution in [0.25, 0.3) is 0 Å². The molecule has 4 heteroatoms. The summed E-state index contributed by atoms with van der Waals surface area (Å²) in [5, 5.41) is 0. The van der Waals surface area contributed by atoms with E-state index < -0.39 is 0 Å². The van der Waals surface area contributed by atoms with Gasteiger partial charge in [0.05, 0.1) is 7.11 Å². The van der Waals surface area contributed by atoms with Crippen LogP contribution in [0.3, 0.4) is 0 Å². The second-order valence-electron chi connectivity index (χ2n) is 5.61. The smallest absolute Gasteiger partial charge is 0.165 e. The van der Waals surface area contributed by atoms with Gasteiger partial charge in [-0.2, -0.15) is 0 Å². The van der Waals surface area contributed by atoms with Crippen LogP contribution in [0.2, 0.25) is 0 Å². The van der Waals surface area contributed by atoms with Crippen molar-refractivity contribution in [3.8, 4) is 5.75 Å². The number of ether oxygens (including phenoxy) is 1. The second-order valence-corrected chi connectivity index (χ2v) is 5.61. The highest BCUT2D eigenvalue weighted by molar-refractivity contribution is 5.30. The van der Waals surface area contributed by atoms with Crippen LogP contribution < -0.4 is 10.5 Å². The third-order valence-electron chi connectivity index (χ3n) is 4.16. The van der Waals surface area contributed by atoms with E-state index in [-0.39, 0.29) is 23.1 Å². The average molecular weight is 282 g/mol. The molecule has 0 amide bonds. The maximum Gasteiger partial charge on any atom is 0.165 e. The molecule has 0 aliphatic rings. The minimum atomic E-state index is -0.335. The van der Waals surface area contributed by atoms with Crippen molar-refractivity contribution in [2.45, 2.75) is 45.7 Å². The summed E-state index contributed by atoms with van der Waals surface area (Å²) in [5.74, 6) is -0.0665. The van der Waals surface area contributed by atoms with E-state index in [0.717, 1.165) is 18.7 Å². The zero-order chi connectivity index (χ0) is 15.3. The monoisotopic (exact) mass is 282 g/mol. The van der Waals surface area contributed by atoms with Crippen molar-refractivity contribution in [1.29, 1.82) is 0 Å². The number of hydrogen-bond acceptors (Lipinski definition) is 3. The Morgan fingerprint density at radius 1 is 1.30 bits per heavy atom. The van der Waals surface area contributed by atoms with Crippen molar-refractivity contribution in [1.82, 2.24) is 4.90 Å². The fraction of sp³-hybridized carbons (Fsp3) is 0.625. The molecule has 3 nitrogen and oxygen atoms in total. The maximum atomic E-state index is 13.7. The highest BCUT2D eigenvalue weighted by atomic mass is 19.1. The number of rotatable bonds is 7. The molecule has 0 bridgehead atoms. The largest absolute Gasteiger partial charge is 0.494 e. The summed E-state index contributed by atoms with van der Waals surface area (Å²) in [6, 6.07) is 4.98. The predicted molar refractivity (Wildman–Crippen MR) is 81.6 cm³/mol. The summed E-state index contributed by atoms with van der Waals surface area (Å²) in [7, 11) is 1.47. The zero-order valence-electron chi connectivity index (χ0n) is 13.2. The third kappa shape index (κ3) is 3.70. The van der Waals surface area contributed by atoms with Gasteiger partial charge in [-0.1, -0.05) is 19.9 Å². The summed E-state index contributed by atoms with van der Waals surface area (Å²) in [6.45, 7) is 10.5. The lowest BCUT2D eigenvalue weighted by molar-refractivity contribution is 0.106. The predicted octanol–water partition coefficient (Wildman–Crippen LogP) is 2.82. The molecule has 1 rings (SSSR count). The van der Waals surface area contributed by atoms with Crippen molar-refractivity contribution in [3.05, 3.63) is 29.6 Å². The van der Waals surface area contributed by atoms with Crippen LogP contribution in [-0.2, 0) is 6.42 Å². The highest BCUT2D eigenvalue weighted by Gasteiger charge is 2.31. The Labute approximate surface area is 121 Å². The molecule has 0 saturated heterocycles. The minimum absolute atomic E-state index is 0.0600. The maximum absolute atomic E-state index is 13.7. The quantitative estimate of drug-likeness (QED) is 0.836. The number of nitrogens with two attached hydrogens (primary N) is 1. The van der Waals surface area contributed by atoms with E-state index in [1.165, 1.54) is 13.2 Å². The molecule has 0 aromatic heterocycles. The van der Waals surface area contributed by atoms with Crippen molar-refractivity contribution in [2.75, 3.05) is 20.2 Å². The molecule has 0 heterocycles. The standard InChI is InChI=1S/C16H27FN2O/c1-6-19(7-2)16(3,4)15(18)11-12-8-9-14(20-5)13(17)10-12/h8-10,15H,6-7,11,18H2,1-5H3. The third-order valence-corrected chi connectivity index (χ3v) is 4.16. The number of benzene rings is 1. The summed E-state index contributed by atoms with van der Waals surface area (Å²) >= 11 is 0. The van der Waals surface area contributed by atoms with Gasteiger partial charge in [0, 0.05) is 11.6 Å². The van der Waals surface area contributed by atoms with Crippen LogP contribution in [0.15, 0.2) is 18.2 Å². The van der Waals surface area contributed by atoms with Crippen molar-refractivity contribution in [3.63, 3.8) is 0 Å². The SMILES string of the molecule is CCN(CC)C(C)(C)C(N)Cc1ccc(OC)c(F)c1. The van der Waals surface area contributed by atoms with Gasteiger partial charge in [0.25, 0.3) is 0 Å². The van der Waals surface area contributed by atoms with Gasteiger partial charge in [-0.25, -0.2) is 4.39 Å². The second kappa shape index (κ2) is 7.04. The lowest BCUT2D eigenvalue weighted by atomic mass is 9.88. The Hall–Kier alpha value is -1.13. The Morgan fingerprint density at radius 2 is 1.90 bits per heavy atom. The lowest BCUT2D eigenvalue weighted by Gasteiger charge is -2.42. The number of hydrogen-bond donors (Lipinski definition) is 1. The van der Waals surface area contributed by atoms with Gasteiger partial charge in [-0.3, -0.25) is 4.90 Å². The van der Waals surface area contributed by atoms with Crippen LogP contribution in [0.1, 0.15) is 33.3 Å². The molecule has 0 spiro atoms. The molecule has 1 atom stereocenters. The lowest BCUT2D eigenvalue weighted by Crippen LogP contribution is -2.56. The van der Waals surface area contributed by atoms with Gasteiger partial charge in [0.15, 0.2) is 11.6 Å². The topological polar surface area (TPSA) is 38.5 Å². The molecule has 1 aromatic rings. The summed E-state index contributed by atoms with van der Waals surface area (Å²) in [4.78, 5) is 2.33. The molecule has 2 N–H and O–H groups in total. The van der Waals surface area contributed by atoms with Crippen LogP contribution in [0.5, 0.6) is 5.75 Å². The molecule has 0 aliphatic heterocycles. The molecule has 1 aromatic carbocycles. The van der Waals surface area contributed by atoms with Crippen molar-refractivity contribution >= 4 is 0 Å². The van der Waals surface area contributed by atoms with Crippen LogP contribution in [-0.4, -0.2) is 36.7 Å². The van der Waals surface area contributed by atoms with Gasteiger partial charge in [0.2, 0.25) is 0 Å². The summed E-state index contributed by atoms with van der Waals surface area (Å²) in [5.41, 5.74) is 7.13. The Morgan fingerprint density at radius 3 is 2.35 bits per heavy atom. The van der Waals surface area contributed by atoms with E-state index in [1.54, 1.807) is 6.07 Å². The molecule has 1 unspecified atom stereocenters. The van der Waals surface area contributed by atoms with Gasteiger partial charge in [-0.05, 0) is 51.1 Å². The molecular weight excluding hydrogens is 255 g/mol. The first-order valence-electron chi connectivity index (χ1n) is 7.19. The van der Waals surface area contributed by atoms with E-state index in [9.17, 15) is 4.39 Å². The van der Waals surface area contributed by atoms with E-state index in [4.69, 9.17) is 10.5 Å². The molecule has 0 saturated carbocycles. The van der Waals surface area contributed by atoms with E-state index in [0.29, 0.717) is 6.42 Å². The molecule has 20 heavy (non-hydrogen) atoms. The Kier molecular flexibility index (Phi) is 5.96. The van der Waals surface area contributed by atoms with E-state index >= 15 is 0 Å². The molecule has 0 aliphatic carbocycles. The van der Waals surface area contributed by atoms with E-state index in [2.05, 4.69) is 32.6 Å². The summed E-state index contributed by atoms with van der Waals surface area (Å²) < 4.78 is 18.6. The van der Waals surface area contributed by atoms with Crippen LogP contribution in [0, 0.1) is 5.82 Å². The van der Waals surface area contributed by atoms with Gasteiger partial charge in [0.1, 0.15) is 0 Å². The van der Waals surface area contributed by atoms with E-state index in [1.807, 2.05) is 6.07 Å². The van der Waals surface area contributed by atoms with Gasteiger partial charge >= 0.3 is 0 Å².